The van der Waals surface area contributed by atoms with Gasteiger partial charge in [0.15, 0.2) is 11.5 Å². The van der Waals surface area contributed by atoms with Crippen LogP contribution in [0.1, 0.15) is 21.6 Å². The van der Waals surface area contributed by atoms with E-state index in [1.807, 2.05) is 0 Å². The van der Waals surface area contributed by atoms with Crippen molar-refractivity contribution in [2.24, 2.45) is 5.73 Å². The van der Waals surface area contributed by atoms with Gasteiger partial charge in [-0.05, 0) is 12.1 Å². The van der Waals surface area contributed by atoms with Gasteiger partial charge in [-0.1, -0.05) is 0 Å². The number of hydrogen-bond donors (Lipinski definition) is 1. The van der Waals surface area contributed by atoms with Gasteiger partial charge in [-0.2, -0.15) is 31.4 Å². The first-order valence-electron chi connectivity index (χ1n) is 5.51. The summed E-state index contributed by atoms with van der Waals surface area (Å²) in [4.78, 5) is 14.3. The molecule has 0 fully saturated rings. The Hall–Kier alpha value is -2.59. The van der Waals surface area contributed by atoms with Crippen LogP contribution in [0.3, 0.4) is 0 Å². The maximum Gasteiger partial charge on any atom is 0.434 e. The fraction of sp³-hybridized carbons (Fsp3) is 0.182. The summed E-state index contributed by atoms with van der Waals surface area (Å²) in [5.41, 5.74) is 0.593. The predicted octanol–water partition coefficient (Wildman–Crippen LogP) is 2.40. The summed E-state index contributed by atoms with van der Waals surface area (Å²) in [5, 5.41) is 3.18. The topological polar surface area (TPSA) is 73.8 Å². The Balaban J connectivity index is 2.78. The zero-order valence-electron chi connectivity index (χ0n) is 10.4. The van der Waals surface area contributed by atoms with E-state index in [-0.39, 0.29) is 4.68 Å². The molecule has 0 unspecified atom stereocenters. The number of alkyl halides is 6. The van der Waals surface area contributed by atoms with Crippen molar-refractivity contribution in [2.45, 2.75) is 12.4 Å². The first-order valence-corrected chi connectivity index (χ1v) is 5.51. The SMILES string of the molecule is NC(=O)c1cnn(-c2ncccc2C(F)(F)F)c1C(F)(F)F. The molecule has 22 heavy (non-hydrogen) atoms. The minimum absolute atomic E-state index is 0.0943. The third-order valence-corrected chi connectivity index (χ3v) is 2.60. The molecule has 0 radical (unpaired) electrons. The largest absolute Gasteiger partial charge is 0.434 e. The summed E-state index contributed by atoms with van der Waals surface area (Å²) >= 11 is 0. The van der Waals surface area contributed by atoms with Gasteiger partial charge < -0.3 is 5.73 Å². The number of carbonyl (C=O) groups excluding carboxylic acids is 1. The van der Waals surface area contributed by atoms with Crippen LogP contribution in [-0.4, -0.2) is 20.7 Å². The van der Waals surface area contributed by atoms with Crippen molar-refractivity contribution < 1.29 is 31.1 Å². The molecule has 0 saturated heterocycles. The van der Waals surface area contributed by atoms with Crippen LogP contribution in [0.25, 0.3) is 5.82 Å². The van der Waals surface area contributed by atoms with E-state index < -0.39 is 40.9 Å². The molecule has 0 aromatic carbocycles. The van der Waals surface area contributed by atoms with Crippen molar-refractivity contribution in [1.29, 1.82) is 0 Å². The molecular weight excluding hydrogens is 318 g/mol. The van der Waals surface area contributed by atoms with E-state index in [9.17, 15) is 31.1 Å². The van der Waals surface area contributed by atoms with Gasteiger partial charge in [0, 0.05) is 6.20 Å². The lowest BCUT2D eigenvalue weighted by Gasteiger charge is -2.15. The number of nitrogens with two attached hydrogens (primary N) is 1. The molecule has 0 saturated carbocycles. The third kappa shape index (κ3) is 2.73. The lowest BCUT2D eigenvalue weighted by Crippen LogP contribution is -2.22. The molecule has 0 aliphatic heterocycles. The summed E-state index contributed by atoms with van der Waals surface area (Å²) in [5.74, 6) is -2.57. The maximum atomic E-state index is 13.0. The van der Waals surface area contributed by atoms with Gasteiger partial charge >= 0.3 is 12.4 Å². The average Bonchev–Trinajstić information content (AvgIpc) is 2.82. The number of halogens is 6. The second kappa shape index (κ2) is 5.00. The zero-order chi connectivity index (χ0) is 16.7. The summed E-state index contributed by atoms with van der Waals surface area (Å²) in [6.07, 6.45) is -8.79. The van der Waals surface area contributed by atoms with Gasteiger partial charge in [0.1, 0.15) is 5.56 Å². The van der Waals surface area contributed by atoms with Crippen molar-refractivity contribution in [3.05, 3.63) is 41.3 Å². The predicted molar refractivity (Wildman–Crippen MR) is 59.9 cm³/mol. The Morgan fingerprint density at radius 3 is 2.27 bits per heavy atom. The minimum Gasteiger partial charge on any atom is -0.365 e. The highest BCUT2D eigenvalue weighted by atomic mass is 19.4. The van der Waals surface area contributed by atoms with Crippen molar-refractivity contribution >= 4 is 5.91 Å². The van der Waals surface area contributed by atoms with Gasteiger partial charge in [0.05, 0.1) is 11.8 Å². The first-order chi connectivity index (χ1) is 10.0. The molecule has 2 heterocycles. The van der Waals surface area contributed by atoms with E-state index in [2.05, 4.69) is 10.1 Å². The van der Waals surface area contributed by atoms with Gasteiger partial charge in [-0.15, -0.1) is 0 Å². The standard InChI is InChI=1S/C11H6F6N4O/c12-10(13,14)6-2-1-3-19-9(6)21-7(11(15,16)17)5(4-20-21)8(18)22/h1-4H,(H2,18,22). The van der Waals surface area contributed by atoms with Crippen molar-refractivity contribution in [3.8, 4) is 5.82 Å². The van der Waals surface area contributed by atoms with Crippen LogP contribution in [0.2, 0.25) is 0 Å². The van der Waals surface area contributed by atoms with Crippen LogP contribution in [0.15, 0.2) is 24.5 Å². The maximum absolute atomic E-state index is 13.0. The van der Waals surface area contributed by atoms with E-state index in [0.29, 0.717) is 12.3 Å². The molecule has 0 bridgehead atoms. The highest BCUT2D eigenvalue weighted by molar-refractivity contribution is 5.94. The highest BCUT2D eigenvalue weighted by Gasteiger charge is 2.43. The van der Waals surface area contributed by atoms with Crippen LogP contribution in [-0.2, 0) is 12.4 Å². The molecular formula is C11H6F6N4O. The van der Waals surface area contributed by atoms with Crippen molar-refractivity contribution in [2.75, 3.05) is 0 Å². The van der Waals surface area contributed by atoms with Gasteiger partial charge in [0.25, 0.3) is 5.91 Å². The fourth-order valence-corrected chi connectivity index (χ4v) is 1.75. The zero-order valence-corrected chi connectivity index (χ0v) is 10.4. The normalized spacial score (nSPS) is 12.5. The molecule has 0 aliphatic carbocycles. The number of aromatic nitrogens is 3. The molecule has 2 aromatic rings. The number of amides is 1. The molecule has 2 rings (SSSR count). The number of carbonyl (C=O) groups is 1. The lowest BCUT2D eigenvalue weighted by atomic mass is 10.2. The molecule has 2 N–H and O–H groups in total. The first kappa shape index (κ1) is 15.8. The average molecular weight is 324 g/mol. The Kier molecular flexibility index (Phi) is 3.59. The van der Waals surface area contributed by atoms with Crippen molar-refractivity contribution in [3.63, 3.8) is 0 Å². The fourth-order valence-electron chi connectivity index (χ4n) is 1.75. The number of pyridine rings is 1. The highest BCUT2D eigenvalue weighted by Crippen LogP contribution is 2.37. The Morgan fingerprint density at radius 1 is 1.14 bits per heavy atom. The molecule has 118 valence electrons. The second-order valence-corrected chi connectivity index (χ2v) is 4.05. The lowest BCUT2D eigenvalue weighted by molar-refractivity contribution is -0.145. The number of rotatable bonds is 2. The smallest absolute Gasteiger partial charge is 0.365 e. The quantitative estimate of drug-likeness (QED) is 0.862. The van der Waals surface area contributed by atoms with E-state index in [4.69, 9.17) is 5.73 Å². The summed E-state index contributed by atoms with van der Waals surface area (Å²) in [6.45, 7) is 0. The summed E-state index contributed by atoms with van der Waals surface area (Å²) in [6, 6.07) is 1.46. The van der Waals surface area contributed by atoms with Crippen molar-refractivity contribution in [1.82, 2.24) is 14.8 Å². The summed E-state index contributed by atoms with van der Waals surface area (Å²) < 4.78 is 77.6. The molecule has 1 amide bonds. The third-order valence-electron chi connectivity index (χ3n) is 2.60. The van der Waals surface area contributed by atoms with E-state index in [0.717, 1.165) is 12.3 Å². The molecule has 11 heteroatoms. The van der Waals surface area contributed by atoms with E-state index in [1.54, 1.807) is 0 Å². The Morgan fingerprint density at radius 2 is 1.77 bits per heavy atom. The summed E-state index contributed by atoms with van der Waals surface area (Å²) in [7, 11) is 0. The van der Waals surface area contributed by atoms with Gasteiger partial charge in [-0.3, -0.25) is 4.79 Å². The number of nitrogens with zero attached hydrogens (tertiary/aromatic N) is 3. The van der Waals surface area contributed by atoms with Crippen LogP contribution in [0, 0.1) is 0 Å². The monoisotopic (exact) mass is 324 g/mol. The van der Waals surface area contributed by atoms with Crippen LogP contribution < -0.4 is 5.73 Å². The van der Waals surface area contributed by atoms with Crippen LogP contribution in [0.5, 0.6) is 0 Å². The Bertz CT molecular complexity index is 718. The number of primary amides is 1. The molecule has 2 aromatic heterocycles. The van der Waals surface area contributed by atoms with E-state index >= 15 is 0 Å². The number of hydrogen-bond acceptors (Lipinski definition) is 3. The molecule has 0 spiro atoms. The van der Waals surface area contributed by atoms with Crippen LogP contribution in [0.4, 0.5) is 26.3 Å². The molecule has 5 nitrogen and oxygen atoms in total. The van der Waals surface area contributed by atoms with Gasteiger partial charge in [0.2, 0.25) is 0 Å². The minimum atomic E-state index is -5.15. The van der Waals surface area contributed by atoms with Gasteiger partial charge in [-0.25, -0.2) is 9.67 Å². The molecule has 0 atom stereocenters. The Labute approximate surface area is 118 Å². The van der Waals surface area contributed by atoms with Crippen LogP contribution >= 0.6 is 0 Å². The second-order valence-electron chi connectivity index (χ2n) is 4.05. The molecule has 0 aliphatic rings. The van der Waals surface area contributed by atoms with E-state index in [1.165, 1.54) is 0 Å².